The van der Waals surface area contributed by atoms with Gasteiger partial charge in [0.25, 0.3) is 5.69 Å². The zero-order valence-electron chi connectivity index (χ0n) is 11.6. The number of hydrogen-bond donors (Lipinski definition) is 0. The number of nitro groups is 1. The summed E-state index contributed by atoms with van der Waals surface area (Å²) in [7, 11) is 0. The minimum Gasteiger partial charge on any atom is -0.293 e. The molecule has 0 amide bonds. The first-order valence-corrected chi connectivity index (χ1v) is 7.62. The first-order valence-electron chi connectivity index (χ1n) is 6.47. The quantitative estimate of drug-likeness (QED) is 0.459. The molecule has 0 saturated carbocycles. The molecule has 0 N–H and O–H groups in total. The standard InChI is InChI=1S/C16H15NO3S/c1-12-3-2-4-13(9-12)10-21-11-16(18)14-5-7-15(8-6-14)17(19)20/h2-9H,10-11H2,1H3. The van der Waals surface area contributed by atoms with Crippen molar-refractivity contribution >= 4 is 23.2 Å². The fourth-order valence-corrected chi connectivity index (χ4v) is 2.79. The molecule has 2 aromatic carbocycles. The van der Waals surface area contributed by atoms with Gasteiger partial charge in [-0.3, -0.25) is 14.9 Å². The van der Waals surface area contributed by atoms with Crippen LogP contribution in [0.1, 0.15) is 21.5 Å². The second-order valence-corrected chi connectivity index (χ2v) is 5.69. The summed E-state index contributed by atoms with van der Waals surface area (Å²) >= 11 is 1.55. The van der Waals surface area contributed by atoms with Crippen LogP contribution in [-0.4, -0.2) is 16.5 Å². The van der Waals surface area contributed by atoms with E-state index in [1.165, 1.54) is 35.4 Å². The maximum absolute atomic E-state index is 12.0. The number of carbonyl (C=O) groups is 1. The molecule has 2 aromatic rings. The molecule has 0 heterocycles. The van der Waals surface area contributed by atoms with Crippen LogP contribution in [0.2, 0.25) is 0 Å². The van der Waals surface area contributed by atoms with Crippen LogP contribution in [0.3, 0.4) is 0 Å². The van der Waals surface area contributed by atoms with Crippen LogP contribution < -0.4 is 0 Å². The van der Waals surface area contributed by atoms with Gasteiger partial charge in [-0.1, -0.05) is 29.8 Å². The van der Waals surface area contributed by atoms with Gasteiger partial charge >= 0.3 is 0 Å². The van der Waals surface area contributed by atoms with E-state index in [1.807, 2.05) is 25.1 Å². The van der Waals surface area contributed by atoms with E-state index in [-0.39, 0.29) is 11.5 Å². The van der Waals surface area contributed by atoms with Gasteiger partial charge < -0.3 is 0 Å². The van der Waals surface area contributed by atoms with Crippen molar-refractivity contribution in [1.82, 2.24) is 0 Å². The van der Waals surface area contributed by atoms with Crippen molar-refractivity contribution in [3.8, 4) is 0 Å². The molecule has 108 valence electrons. The highest BCUT2D eigenvalue weighted by Crippen LogP contribution is 2.17. The van der Waals surface area contributed by atoms with Crippen LogP contribution >= 0.6 is 11.8 Å². The number of nitro benzene ring substituents is 1. The van der Waals surface area contributed by atoms with Crippen molar-refractivity contribution in [2.45, 2.75) is 12.7 Å². The summed E-state index contributed by atoms with van der Waals surface area (Å²) in [6.07, 6.45) is 0. The summed E-state index contributed by atoms with van der Waals surface area (Å²) in [6, 6.07) is 13.9. The van der Waals surface area contributed by atoms with Gasteiger partial charge in [0.2, 0.25) is 0 Å². The van der Waals surface area contributed by atoms with Crippen LogP contribution in [0.5, 0.6) is 0 Å². The third-order valence-corrected chi connectivity index (χ3v) is 3.99. The molecule has 0 spiro atoms. The lowest BCUT2D eigenvalue weighted by molar-refractivity contribution is -0.384. The third-order valence-electron chi connectivity index (χ3n) is 2.98. The average Bonchev–Trinajstić information content (AvgIpc) is 2.47. The number of ketones is 1. The van der Waals surface area contributed by atoms with Gasteiger partial charge in [0.15, 0.2) is 5.78 Å². The summed E-state index contributed by atoms with van der Waals surface area (Å²) in [5, 5.41) is 10.6. The number of hydrogen-bond acceptors (Lipinski definition) is 4. The Morgan fingerprint density at radius 2 is 1.90 bits per heavy atom. The molecular formula is C16H15NO3S. The molecule has 0 aliphatic carbocycles. The summed E-state index contributed by atoms with van der Waals surface area (Å²) in [5.41, 5.74) is 2.91. The molecule has 0 fully saturated rings. The Hall–Kier alpha value is -2.14. The van der Waals surface area contributed by atoms with Crippen LogP contribution in [0, 0.1) is 17.0 Å². The van der Waals surface area contributed by atoms with Crippen molar-refractivity contribution in [3.05, 3.63) is 75.3 Å². The first-order chi connectivity index (χ1) is 10.1. The largest absolute Gasteiger partial charge is 0.293 e. The van der Waals surface area contributed by atoms with E-state index in [0.717, 1.165) is 5.75 Å². The molecule has 0 aromatic heterocycles. The van der Waals surface area contributed by atoms with Crippen molar-refractivity contribution in [3.63, 3.8) is 0 Å². The Labute approximate surface area is 127 Å². The summed E-state index contributed by atoms with van der Waals surface area (Å²) in [4.78, 5) is 22.1. The highest BCUT2D eigenvalue weighted by atomic mass is 32.2. The van der Waals surface area contributed by atoms with Gasteiger partial charge in [0.05, 0.1) is 10.7 Å². The summed E-state index contributed by atoms with van der Waals surface area (Å²) < 4.78 is 0. The molecule has 0 unspecified atom stereocenters. The van der Waals surface area contributed by atoms with Gasteiger partial charge in [0, 0.05) is 23.4 Å². The highest BCUT2D eigenvalue weighted by molar-refractivity contribution is 7.99. The molecule has 0 aliphatic rings. The van der Waals surface area contributed by atoms with E-state index >= 15 is 0 Å². The minimum absolute atomic E-state index is 0.000959. The van der Waals surface area contributed by atoms with E-state index in [2.05, 4.69) is 6.07 Å². The van der Waals surface area contributed by atoms with E-state index in [1.54, 1.807) is 11.8 Å². The number of Topliss-reactive ketones (excluding diaryl/α,β-unsaturated/α-hetero) is 1. The average molecular weight is 301 g/mol. The zero-order valence-corrected chi connectivity index (χ0v) is 12.4. The van der Waals surface area contributed by atoms with Crippen molar-refractivity contribution in [2.24, 2.45) is 0 Å². The van der Waals surface area contributed by atoms with Crippen LogP contribution in [0.15, 0.2) is 48.5 Å². The van der Waals surface area contributed by atoms with E-state index in [9.17, 15) is 14.9 Å². The molecule has 0 radical (unpaired) electrons. The maximum atomic E-state index is 12.0. The van der Waals surface area contributed by atoms with Crippen molar-refractivity contribution in [2.75, 3.05) is 5.75 Å². The highest BCUT2D eigenvalue weighted by Gasteiger charge is 2.09. The smallest absolute Gasteiger partial charge is 0.269 e. The van der Waals surface area contributed by atoms with Crippen LogP contribution in [-0.2, 0) is 5.75 Å². The number of thioether (sulfide) groups is 1. The van der Waals surface area contributed by atoms with Gasteiger partial charge in [-0.15, -0.1) is 11.8 Å². The van der Waals surface area contributed by atoms with E-state index in [0.29, 0.717) is 11.3 Å². The van der Waals surface area contributed by atoms with Crippen LogP contribution in [0.25, 0.3) is 0 Å². The van der Waals surface area contributed by atoms with Crippen molar-refractivity contribution in [1.29, 1.82) is 0 Å². The molecule has 5 heteroatoms. The molecule has 0 aliphatic heterocycles. The molecule has 4 nitrogen and oxygen atoms in total. The molecule has 0 saturated heterocycles. The second-order valence-electron chi connectivity index (χ2n) is 4.71. The summed E-state index contributed by atoms with van der Waals surface area (Å²) in [6.45, 7) is 2.04. The Morgan fingerprint density at radius 1 is 1.19 bits per heavy atom. The minimum atomic E-state index is -0.471. The molecule has 0 bridgehead atoms. The molecule has 2 rings (SSSR count). The van der Waals surface area contributed by atoms with Gasteiger partial charge in [-0.25, -0.2) is 0 Å². The lowest BCUT2D eigenvalue weighted by atomic mass is 10.1. The van der Waals surface area contributed by atoms with Crippen molar-refractivity contribution < 1.29 is 9.72 Å². The zero-order chi connectivity index (χ0) is 15.2. The predicted octanol–water partition coefficient (Wildman–Crippen LogP) is 4.02. The maximum Gasteiger partial charge on any atom is 0.269 e. The lowest BCUT2D eigenvalue weighted by Gasteiger charge is -2.03. The molecule has 0 atom stereocenters. The molecule has 21 heavy (non-hydrogen) atoms. The second kappa shape index (κ2) is 7.04. The number of carbonyl (C=O) groups excluding carboxylic acids is 1. The number of nitrogens with zero attached hydrogens (tertiary/aromatic N) is 1. The predicted molar refractivity (Wildman–Crippen MR) is 84.8 cm³/mol. The Bertz CT molecular complexity index is 653. The number of aryl methyl sites for hydroxylation is 1. The van der Waals surface area contributed by atoms with Crippen LogP contribution in [0.4, 0.5) is 5.69 Å². The number of benzene rings is 2. The fraction of sp³-hybridized carbons (Fsp3) is 0.188. The Kier molecular flexibility index (Phi) is 5.11. The summed E-state index contributed by atoms with van der Waals surface area (Å²) in [5.74, 6) is 1.13. The monoisotopic (exact) mass is 301 g/mol. The van der Waals surface area contributed by atoms with E-state index in [4.69, 9.17) is 0 Å². The van der Waals surface area contributed by atoms with E-state index < -0.39 is 4.92 Å². The Morgan fingerprint density at radius 3 is 2.52 bits per heavy atom. The first kappa shape index (κ1) is 15.3. The SMILES string of the molecule is Cc1cccc(CSCC(=O)c2ccc([N+](=O)[O-])cc2)c1. The van der Waals surface area contributed by atoms with Gasteiger partial charge in [-0.05, 0) is 24.6 Å². The van der Waals surface area contributed by atoms with Gasteiger partial charge in [-0.2, -0.15) is 0 Å². The number of rotatable bonds is 6. The fourth-order valence-electron chi connectivity index (χ4n) is 1.92. The van der Waals surface area contributed by atoms with Gasteiger partial charge in [0.1, 0.15) is 0 Å². The normalized spacial score (nSPS) is 10.3. The molecular weight excluding hydrogens is 286 g/mol. The Balaban J connectivity index is 1.88. The third kappa shape index (κ3) is 4.43. The number of non-ortho nitro benzene ring substituents is 1. The topological polar surface area (TPSA) is 60.2 Å². The lowest BCUT2D eigenvalue weighted by Crippen LogP contribution is -2.02.